The zero-order valence-corrected chi connectivity index (χ0v) is 11.1. The average Bonchev–Trinajstić information content (AvgIpc) is 3.19. The summed E-state index contributed by atoms with van der Waals surface area (Å²) in [7, 11) is 0. The average molecular weight is 270 g/mol. The minimum absolute atomic E-state index is 0.409. The fourth-order valence-corrected chi connectivity index (χ4v) is 3.65. The lowest BCUT2D eigenvalue weighted by atomic mass is 10.1. The molecule has 96 valence electrons. The van der Waals surface area contributed by atoms with Crippen molar-refractivity contribution in [2.45, 2.75) is 22.5 Å². The molecule has 3 rings (SSSR count). The standard InChI is InChI=1S/C16H14O2S/c17-16(18)12-8-4-5-9-14(12)19-15-10-13(15)11-6-2-1-3-7-11/h1-9,13,15H,10H2,(H,17,18). The number of carboxylic acid groups (broad SMARTS) is 1. The molecule has 1 aliphatic rings. The Morgan fingerprint density at radius 3 is 2.47 bits per heavy atom. The summed E-state index contributed by atoms with van der Waals surface area (Å²) < 4.78 is 0. The first-order valence-electron chi connectivity index (χ1n) is 6.29. The van der Waals surface area contributed by atoms with Crippen molar-refractivity contribution in [3.8, 4) is 0 Å². The molecule has 0 amide bonds. The largest absolute Gasteiger partial charge is 0.478 e. The van der Waals surface area contributed by atoms with E-state index in [-0.39, 0.29) is 0 Å². The van der Waals surface area contributed by atoms with Gasteiger partial charge >= 0.3 is 5.97 Å². The molecule has 2 unspecified atom stereocenters. The van der Waals surface area contributed by atoms with Gasteiger partial charge in [0.1, 0.15) is 0 Å². The van der Waals surface area contributed by atoms with Crippen molar-refractivity contribution in [1.29, 1.82) is 0 Å². The highest BCUT2D eigenvalue weighted by Crippen LogP contribution is 2.52. The van der Waals surface area contributed by atoms with E-state index < -0.39 is 5.97 Å². The summed E-state index contributed by atoms with van der Waals surface area (Å²) in [5.74, 6) is -0.284. The van der Waals surface area contributed by atoms with E-state index in [9.17, 15) is 4.79 Å². The van der Waals surface area contributed by atoms with Crippen LogP contribution in [0.25, 0.3) is 0 Å². The normalized spacial score (nSPS) is 21.1. The Morgan fingerprint density at radius 1 is 1.05 bits per heavy atom. The Hall–Kier alpha value is -1.74. The maximum Gasteiger partial charge on any atom is 0.336 e. The van der Waals surface area contributed by atoms with Crippen LogP contribution in [-0.2, 0) is 0 Å². The quantitative estimate of drug-likeness (QED) is 0.911. The van der Waals surface area contributed by atoms with Crippen molar-refractivity contribution in [3.63, 3.8) is 0 Å². The number of aromatic carboxylic acids is 1. The maximum absolute atomic E-state index is 11.2. The highest BCUT2D eigenvalue weighted by molar-refractivity contribution is 8.00. The Bertz CT molecular complexity index is 595. The van der Waals surface area contributed by atoms with Gasteiger partial charge in [-0.25, -0.2) is 4.79 Å². The number of rotatable bonds is 4. The molecule has 0 heterocycles. The molecule has 19 heavy (non-hydrogen) atoms. The summed E-state index contributed by atoms with van der Waals surface area (Å²) >= 11 is 1.69. The van der Waals surface area contributed by atoms with Gasteiger partial charge in [0, 0.05) is 10.1 Å². The van der Waals surface area contributed by atoms with Crippen molar-refractivity contribution in [3.05, 3.63) is 65.7 Å². The monoisotopic (exact) mass is 270 g/mol. The third kappa shape index (κ3) is 2.66. The third-order valence-corrected chi connectivity index (χ3v) is 4.79. The molecule has 1 saturated carbocycles. The van der Waals surface area contributed by atoms with Gasteiger partial charge in [0.05, 0.1) is 5.56 Å². The highest BCUT2D eigenvalue weighted by Gasteiger charge is 2.39. The first-order valence-corrected chi connectivity index (χ1v) is 7.17. The molecule has 3 heteroatoms. The van der Waals surface area contributed by atoms with Crippen LogP contribution in [0.3, 0.4) is 0 Å². The SMILES string of the molecule is O=C(O)c1ccccc1SC1CC1c1ccccc1. The van der Waals surface area contributed by atoms with Gasteiger partial charge in [0.25, 0.3) is 0 Å². The highest BCUT2D eigenvalue weighted by atomic mass is 32.2. The second-order valence-electron chi connectivity index (χ2n) is 4.71. The fraction of sp³-hybridized carbons (Fsp3) is 0.188. The summed E-state index contributed by atoms with van der Waals surface area (Å²) in [5, 5.41) is 9.67. The lowest BCUT2D eigenvalue weighted by Gasteiger charge is -2.05. The van der Waals surface area contributed by atoms with E-state index in [1.54, 1.807) is 23.9 Å². The first kappa shape index (κ1) is 12.3. The second kappa shape index (κ2) is 5.10. The molecule has 2 nitrogen and oxygen atoms in total. The molecule has 0 aliphatic heterocycles. The van der Waals surface area contributed by atoms with Crippen LogP contribution in [0.5, 0.6) is 0 Å². The number of hydrogen-bond acceptors (Lipinski definition) is 2. The number of benzene rings is 2. The summed E-state index contributed by atoms with van der Waals surface area (Å²) in [6, 6.07) is 17.7. The van der Waals surface area contributed by atoms with Crippen LogP contribution in [0.2, 0.25) is 0 Å². The van der Waals surface area contributed by atoms with Gasteiger partial charge in [0.15, 0.2) is 0 Å². The van der Waals surface area contributed by atoms with Crippen molar-refractivity contribution < 1.29 is 9.90 Å². The Morgan fingerprint density at radius 2 is 1.74 bits per heavy atom. The summed E-state index contributed by atoms with van der Waals surface area (Å²) in [6.07, 6.45) is 1.13. The van der Waals surface area contributed by atoms with Gasteiger partial charge in [-0.2, -0.15) is 0 Å². The fourth-order valence-electron chi connectivity index (χ4n) is 2.26. The van der Waals surface area contributed by atoms with Crippen LogP contribution in [0, 0.1) is 0 Å². The Labute approximate surface area is 116 Å². The van der Waals surface area contributed by atoms with Gasteiger partial charge in [-0.3, -0.25) is 0 Å². The second-order valence-corrected chi connectivity index (χ2v) is 5.99. The molecular weight excluding hydrogens is 256 g/mol. The van der Waals surface area contributed by atoms with E-state index in [0.29, 0.717) is 16.7 Å². The van der Waals surface area contributed by atoms with Crippen molar-refractivity contribution in [2.24, 2.45) is 0 Å². The molecule has 1 aliphatic carbocycles. The third-order valence-electron chi connectivity index (χ3n) is 3.36. The molecule has 1 fully saturated rings. The molecular formula is C16H14O2S. The smallest absolute Gasteiger partial charge is 0.336 e. The van der Waals surface area contributed by atoms with Gasteiger partial charge in [-0.15, -0.1) is 11.8 Å². The Kier molecular flexibility index (Phi) is 3.30. The van der Waals surface area contributed by atoms with E-state index in [2.05, 4.69) is 24.3 Å². The molecule has 1 N–H and O–H groups in total. The number of thioether (sulfide) groups is 1. The summed E-state index contributed by atoms with van der Waals surface area (Å²) in [5.41, 5.74) is 1.76. The molecule has 0 bridgehead atoms. The first-order chi connectivity index (χ1) is 9.25. The number of carbonyl (C=O) groups is 1. The van der Waals surface area contributed by atoms with Crippen LogP contribution in [-0.4, -0.2) is 16.3 Å². The van der Waals surface area contributed by atoms with Crippen LogP contribution in [0.4, 0.5) is 0 Å². The topological polar surface area (TPSA) is 37.3 Å². The minimum atomic E-state index is -0.847. The molecule has 2 atom stereocenters. The van der Waals surface area contributed by atoms with Crippen LogP contribution >= 0.6 is 11.8 Å². The molecule has 0 radical (unpaired) electrons. The van der Waals surface area contributed by atoms with Crippen LogP contribution in [0.15, 0.2) is 59.5 Å². The molecule has 2 aromatic carbocycles. The molecule has 2 aromatic rings. The van der Waals surface area contributed by atoms with E-state index >= 15 is 0 Å². The van der Waals surface area contributed by atoms with Crippen LogP contribution < -0.4 is 0 Å². The zero-order valence-electron chi connectivity index (χ0n) is 10.3. The Balaban J connectivity index is 1.73. The van der Waals surface area contributed by atoms with Gasteiger partial charge in [-0.05, 0) is 30.0 Å². The predicted octanol–water partition coefficient (Wildman–Crippen LogP) is 4.03. The van der Waals surface area contributed by atoms with Crippen LogP contribution in [0.1, 0.15) is 28.3 Å². The predicted molar refractivity (Wildman–Crippen MR) is 76.8 cm³/mol. The lowest BCUT2D eigenvalue weighted by molar-refractivity contribution is 0.0693. The van der Waals surface area contributed by atoms with Gasteiger partial charge in [0.2, 0.25) is 0 Å². The summed E-state index contributed by atoms with van der Waals surface area (Å²) in [4.78, 5) is 12.0. The summed E-state index contributed by atoms with van der Waals surface area (Å²) in [6.45, 7) is 0. The van der Waals surface area contributed by atoms with Gasteiger partial charge < -0.3 is 5.11 Å². The number of carboxylic acids is 1. The van der Waals surface area contributed by atoms with Crippen molar-refractivity contribution in [1.82, 2.24) is 0 Å². The lowest BCUT2D eigenvalue weighted by Crippen LogP contribution is -1.98. The van der Waals surface area contributed by atoms with E-state index in [0.717, 1.165) is 11.3 Å². The van der Waals surface area contributed by atoms with Crippen molar-refractivity contribution >= 4 is 17.7 Å². The van der Waals surface area contributed by atoms with E-state index in [4.69, 9.17) is 5.11 Å². The number of hydrogen-bond donors (Lipinski definition) is 1. The zero-order chi connectivity index (χ0) is 13.2. The minimum Gasteiger partial charge on any atom is -0.478 e. The molecule has 0 spiro atoms. The van der Waals surface area contributed by atoms with E-state index in [1.165, 1.54) is 5.56 Å². The van der Waals surface area contributed by atoms with E-state index in [1.807, 2.05) is 18.2 Å². The molecule has 0 saturated heterocycles. The van der Waals surface area contributed by atoms with Gasteiger partial charge in [-0.1, -0.05) is 42.5 Å². The van der Waals surface area contributed by atoms with Crippen molar-refractivity contribution in [2.75, 3.05) is 0 Å². The maximum atomic E-state index is 11.2. The molecule has 0 aromatic heterocycles.